The van der Waals surface area contributed by atoms with E-state index in [1.54, 1.807) is 4.90 Å². The van der Waals surface area contributed by atoms with Crippen LogP contribution in [0.3, 0.4) is 0 Å². The van der Waals surface area contributed by atoms with Crippen molar-refractivity contribution in [3.63, 3.8) is 0 Å². The molecule has 3 aliphatic heterocycles. The molecule has 2 saturated heterocycles. The Morgan fingerprint density at radius 1 is 1.15 bits per heavy atom. The Hall–Kier alpha value is -4.16. The standard InChI is InChI=1S/C32H37N7O2/c1-3-30(40)39-18-17-38(19-25(39)13-15-33)31-27-14-16-37(29-10-6-8-23-7-4-5-9-26(23)29)20-28(27)35-32(36-31)41-21-24-12-11-22(2)34-24/h3-10,22,24-25,34H,1,11-14,16-21H2,2H3/t22?,24-,25?/m1/s1. The summed E-state index contributed by atoms with van der Waals surface area (Å²) in [6.07, 6.45) is 4.59. The maximum absolute atomic E-state index is 12.5. The second kappa shape index (κ2) is 11.8. The van der Waals surface area contributed by atoms with Gasteiger partial charge in [0, 0.05) is 54.9 Å². The SMILES string of the molecule is C=CC(=O)N1CCN(c2nc(OC[C@H]3CCC(C)N3)nc3c2CCN(c2cccc4ccccc24)C3)CC1CC#N. The molecule has 3 aromatic rings. The summed E-state index contributed by atoms with van der Waals surface area (Å²) in [5.41, 5.74) is 3.30. The van der Waals surface area contributed by atoms with E-state index in [4.69, 9.17) is 14.7 Å². The summed E-state index contributed by atoms with van der Waals surface area (Å²) in [4.78, 5) is 28.8. The number of ether oxygens (including phenoxy) is 1. The highest BCUT2D eigenvalue weighted by Crippen LogP contribution is 2.35. The van der Waals surface area contributed by atoms with Crippen molar-refractivity contribution in [2.75, 3.05) is 42.6 Å². The van der Waals surface area contributed by atoms with Gasteiger partial charge in [0.05, 0.1) is 30.8 Å². The fraction of sp³-hybridized carbons (Fsp3) is 0.438. The largest absolute Gasteiger partial charge is 0.462 e. The van der Waals surface area contributed by atoms with Crippen molar-refractivity contribution in [2.45, 2.75) is 57.3 Å². The van der Waals surface area contributed by atoms with Gasteiger partial charge in [0.25, 0.3) is 0 Å². The molecule has 1 aromatic heterocycles. The van der Waals surface area contributed by atoms with E-state index < -0.39 is 0 Å². The van der Waals surface area contributed by atoms with Gasteiger partial charge in [0.2, 0.25) is 5.91 Å². The predicted octanol–water partition coefficient (Wildman–Crippen LogP) is 3.83. The van der Waals surface area contributed by atoms with Gasteiger partial charge in [-0.2, -0.15) is 15.2 Å². The molecule has 1 N–H and O–H groups in total. The number of aromatic nitrogens is 2. The number of anilines is 2. The molecule has 9 heteroatoms. The highest BCUT2D eigenvalue weighted by Gasteiger charge is 2.33. The van der Waals surface area contributed by atoms with Crippen molar-refractivity contribution >= 4 is 28.2 Å². The first-order valence-corrected chi connectivity index (χ1v) is 14.6. The Labute approximate surface area is 241 Å². The first-order valence-electron chi connectivity index (χ1n) is 14.6. The van der Waals surface area contributed by atoms with Gasteiger partial charge in [0.15, 0.2) is 0 Å². The van der Waals surface area contributed by atoms with E-state index in [2.05, 4.69) is 77.2 Å². The Balaban J connectivity index is 1.32. The molecule has 3 aliphatic rings. The number of nitrogens with zero attached hydrogens (tertiary/aromatic N) is 6. The van der Waals surface area contributed by atoms with Gasteiger partial charge < -0.3 is 24.8 Å². The first-order chi connectivity index (χ1) is 20.0. The number of hydrogen-bond acceptors (Lipinski definition) is 8. The van der Waals surface area contributed by atoms with E-state index in [1.165, 1.54) is 22.5 Å². The lowest BCUT2D eigenvalue weighted by Gasteiger charge is -2.42. The van der Waals surface area contributed by atoms with Crippen molar-refractivity contribution < 1.29 is 9.53 Å². The molecule has 0 radical (unpaired) electrons. The van der Waals surface area contributed by atoms with Gasteiger partial charge in [-0.15, -0.1) is 0 Å². The Morgan fingerprint density at radius 3 is 2.80 bits per heavy atom. The number of carbonyl (C=O) groups excluding carboxylic acids is 1. The van der Waals surface area contributed by atoms with E-state index in [1.807, 2.05) is 0 Å². The summed E-state index contributed by atoms with van der Waals surface area (Å²) in [6.45, 7) is 9.54. The molecule has 0 saturated carbocycles. The van der Waals surface area contributed by atoms with E-state index in [-0.39, 0.29) is 24.4 Å². The van der Waals surface area contributed by atoms with E-state index in [9.17, 15) is 10.1 Å². The molecule has 41 heavy (non-hydrogen) atoms. The van der Waals surface area contributed by atoms with Gasteiger partial charge in [-0.25, -0.2) is 0 Å². The third-order valence-electron chi connectivity index (χ3n) is 8.58. The fourth-order valence-corrected chi connectivity index (χ4v) is 6.47. The van der Waals surface area contributed by atoms with Crippen LogP contribution in [0.25, 0.3) is 10.8 Å². The molecule has 0 spiro atoms. The van der Waals surface area contributed by atoms with Crippen molar-refractivity contribution in [3.05, 3.63) is 66.4 Å². The van der Waals surface area contributed by atoms with Crippen LogP contribution in [0.1, 0.15) is 37.4 Å². The third-order valence-corrected chi connectivity index (χ3v) is 8.58. The zero-order chi connectivity index (χ0) is 28.3. The van der Waals surface area contributed by atoms with Crippen LogP contribution in [-0.2, 0) is 17.8 Å². The minimum Gasteiger partial charge on any atom is -0.462 e. The molecule has 0 bridgehead atoms. The quantitative estimate of drug-likeness (QED) is 0.443. The Morgan fingerprint density at radius 2 is 2.00 bits per heavy atom. The summed E-state index contributed by atoms with van der Waals surface area (Å²) in [5, 5.41) is 15.5. The lowest BCUT2D eigenvalue weighted by molar-refractivity contribution is -0.128. The second-order valence-electron chi connectivity index (χ2n) is 11.3. The molecule has 212 valence electrons. The zero-order valence-corrected chi connectivity index (χ0v) is 23.6. The lowest BCUT2D eigenvalue weighted by atomic mass is 10.0. The summed E-state index contributed by atoms with van der Waals surface area (Å²) in [7, 11) is 0. The summed E-state index contributed by atoms with van der Waals surface area (Å²) >= 11 is 0. The average Bonchev–Trinajstić information content (AvgIpc) is 3.43. The van der Waals surface area contributed by atoms with Crippen LogP contribution >= 0.6 is 0 Å². The maximum Gasteiger partial charge on any atom is 0.318 e. The van der Waals surface area contributed by atoms with E-state index in [0.29, 0.717) is 44.8 Å². The Bertz CT molecular complexity index is 1480. The van der Waals surface area contributed by atoms with Crippen LogP contribution in [-0.4, -0.2) is 71.7 Å². The number of nitriles is 1. The molecule has 2 aromatic carbocycles. The van der Waals surface area contributed by atoms with Gasteiger partial charge in [-0.3, -0.25) is 4.79 Å². The number of benzene rings is 2. The van der Waals surface area contributed by atoms with Crippen molar-refractivity contribution in [3.8, 4) is 12.1 Å². The highest BCUT2D eigenvalue weighted by atomic mass is 16.5. The minimum absolute atomic E-state index is 0.136. The van der Waals surface area contributed by atoms with Crippen LogP contribution < -0.4 is 19.9 Å². The first kappa shape index (κ1) is 27.0. The van der Waals surface area contributed by atoms with Crippen molar-refractivity contribution in [2.24, 2.45) is 0 Å². The monoisotopic (exact) mass is 551 g/mol. The molecule has 6 rings (SSSR count). The molecule has 1 amide bonds. The molecule has 0 aliphatic carbocycles. The topological polar surface area (TPSA) is 97.6 Å². The number of amides is 1. The summed E-state index contributed by atoms with van der Waals surface area (Å²) < 4.78 is 6.24. The highest BCUT2D eigenvalue weighted by molar-refractivity contribution is 5.94. The Kier molecular flexibility index (Phi) is 7.75. The fourth-order valence-electron chi connectivity index (χ4n) is 6.47. The average molecular weight is 552 g/mol. The number of hydrogen-bond donors (Lipinski definition) is 1. The van der Waals surface area contributed by atoms with Gasteiger partial charge >= 0.3 is 6.01 Å². The van der Waals surface area contributed by atoms with Crippen molar-refractivity contribution in [1.29, 1.82) is 5.26 Å². The van der Waals surface area contributed by atoms with E-state index in [0.717, 1.165) is 42.9 Å². The molecule has 3 atom stereocenters. The maximum atomic E-state index is 12.5. The van der Waals surface area contributed by atoms with Gasteiger partial charge in [0.1, 0.15) is 12.4 Å². The molecular weight excluding hydrogens is 514 g/mol. The molecule has 2 unspecified atom stereocenters. The van der Waals surface area contributed by atoms with E-state index >= 15 is 0 Å². The van der Waals surface area contributed by atoms with Crippen LogP contribution in [0.2, 0.25) is 0 Å². The lowest BCUT2D eigenvalue weighted by Crippen LogP contribution is -2.55. The van der Waals surface area contributed by atoms with Crippen LogP contribution in [0.4, 0.5) is 11.5 Å². The summed E-state index contributed by atoms with van der Waals surface area (Å²) in [6, 6.07) is 18.1. The summed E-state index contributed by atoms with van der Waals surface area (Å²) in [5.74, 6) is 0.728. The molecule has 9 nitrogen and oxygen atoms in total. The smallest absolute Gasteiger partial charge is 0.318 e. The molecular formula is C32H37N7O2. The third kappa shape index (κ3) is 5.57. The minimum atomic E-state index is -0.228. The number of carbonyl (C=O) groups is 1. The van der Waals surface area contributed by atoms with Gasteiger partial charge in [-0.1, -0.05) is 43.0 Å². The van der Waals surface area contributed by atoms with Crippen LogP contribution in [0, 0.1) is 11.3 Å². The number of rotatable bonds is 7. The number of fused-ring (bicyclic) bond motifs is 2. The predicted molar refractivity (Wildman–Crippen MR) is 160 cm³/mol. The number of piperazine rings is 1. The van der Waals surface area contributed by atoms with Crippen LogP contribution in [0.5, 0.6) is 6.01 Å². The number of nitrogens with one attached hydrogen (secondary N) is 1. The van der Waals surface area contributed by atoms with Crippen molar-refractivity contribution in [1.82, 2.24) is 20.2 Å². The molecule has 2 fully saturated rings. The normalized spacial score (nSPS) is 22.3. The molecule has 4 heterocycles. The zero-order valence-electron chi connectivity index (χ0n) is 23.6. The van der Waals surface area contributed by atoms with Gasteiger partial charge in [-0.05, 0) is 43.7 Å². The van der Waals surface area contributed by atoms with Crippen LogP contribution in [0.15, 0.2) is 55.1 Å². The second-order valence-corrected chi connectivity index (χ2v) is 11.3.